The van der Waals surface area contributed by atoms with E-state index in [4.69, 9.17) is 9.47 Å². The highest BCUT2D eigenvalue weighted by Gasteiger charge is 2.14. The Balaban J connectivity index is 1.82. The molecule has 122 valence electrons. The van der Waals surface area contributed by atoms with Crippen molar-refractivity contribution in [2.45, 2.75) is 6.92 Å². The summed E-state index contributed by atoms with van der Waals surface area (Å²) in [5.74, 6) is 1.35. The minimum absolute atomic E-state index is 0.427. The van der Waals surface area contributed by atoms with Gasteiger partial charge >= 0.3 is 6.09 Å². The maximum Gasteiger partial charge on any atom is 0.418 e. The van der Waals surface area contributed by atoms with Gasteiger partial charge in [0.1, 0.15) is 11.6 Å². The molecule has 6 nitrogen and oxygen atoms in total. The Bertz CT molecular complexity index is 801. The van der Waals surface area contributed by atoms with Crippen LogP contribution >= 0.6 is 0 Å². The van der Waals surface area contributed by atoms with Gasteiger partial charge in [-0.1, -0.05) is 36.4 Å². The Hall–Kier alpha value is -3.28. The molecule has 0 saturated carbocycles. The van der Waals surface area contributed by atoms with Crippen molar-refractivity contribution in [3.8, 4) is 17.3 Å². The number of carbonyl (C=O) groups excluding carboxylic acids is 1. The number of carbonyl (C=O) groups is 1. The van der Waals surface area contributed by atoms with Crippen LogP contribution in [0.1, 0.15) is 6.92 Å². The topological polar surface area (TPSA) is 65.4 Å². The summed E-state index contributed by atoms with van der Waals surface area (Å²) in [7, 11) is 0. The maximum absolute atomic E-state index is 12.1. The second-order valence-corrected chi connectivity index (χ2v) is 4.88. The Morgan fingerprint density at radius 3 is 2.42 bits per heavy atom. The Morgan fingerprint density at radius 2 is 1.75 bits per heavy atom. The number of amides is 1. The lowest BCUT2D eigenvalue weighted by molar-refractivity contribution is 0.215. The molecule has 24 heavy (non-hydrogen) atoms. The van der Waals surface area contributed by atoms with Gasteiger partial charge < -0.3 is 9.47 Å². The summed E-state index contributed by atoms with van der Waals surface area (Å²) in [6.07, 6.45) is -0.596. The van der Waals surface area contributed by atoms with Crippen LogP contribution in [0.3, 0.4) is 0 Å². The standard InChI is InChI=1S/C18H17N3O3/c1-2-23-17-13-16(21(20-17)14-9-5-3-6-10-14)19-18(22)24-15-11-7-4-8-12-15/h3-13H,2H2,1H3,(H,19,22). The fourth-order valence-corrected chi connectivity index (χ4v) is 2.16. The van der Waals surface area contributed by atoms with Crippen molar-refractivity contribution in [1.82, 2.24) is 9.78 Å². The fraction of sp³-hybridized carbons (Fsp3) is 0.111. The average Bonchev–Trinajstić information content (AvgIpc) is 2.99. The molecule has 2 aromatic carbocycles. The molecule has 6 heteroatoms. The second-order valence-electron chi connectivity index (χ2n) is 4.88. The molecule has 1 heterocycles. The number of hydrogen-bond acceptors (Lipinski definition) is 4. The second kappa shape index (κ2) is 7.32. The van der Waals surface area contributed by atoms with E-state index in [0.29, 0.717) is 24.1 Å². The largest absolute Gasteiger partial charge is 0.477 e. The molecule has 3 rings (SSSR count). The molecule has 0 aliphatic rings. The SMILES string of the molecule is CCOc1cc(NC(=O)Oc2ccccc2)n(-c2ccccc2)n1. The third-order valence-electron chi connectivity index (χ3n) is 3.16. The lowest BCUT2D eigenvalue weighted by Crippen LogP contribution is -2.19. The van der Waals surface area contributed by atoms with Gasteiger partial charge in [0.25, 0.3) is 0 Å². The van der Waals surface area contributed by atoms with Gasteiger partial charge in [0.2, 0.25) is 5.88 Å². The number of nitrogens with one attached hydrogen (secondary N) is 1. The minimum atomic E-state index is -0.596. The van der Waals surface area contributed by atoms with Gasteiger partial charge in [0.15, 0.2) is 0 Å². The molecule has 1 aromatic heterocycles. The summed E-state index contributed by atoms with van der Waals surface area (Å²) >= 11 is 0. The van der Waals surface area contributed by atoms with E-state index in [1.54, 1.807) is 35.0 Å². The van der Waals surface area contributed by atoms with Crippen molar-refractivity contribution in [3.05, 3.63) is 66.7 Å². The highest BCUT2D eigenvalue weighted by molar-refractivity contribution is 5.85. The molecule has 0 atom stereocenters. The summed E-state index contributed by atoms with van der Waals surface area (Å²) in [4.78, 5) is 12.1. The van der Waals surface area contributed by atoms with Gasteiger partial charge in [-0.3, -0.25) is 5.32 Å². The van der Waals surface area contributed by atoms with E-state index in [2.05, 4.69) is 10.4 Å². The van der Waals surface area contributed by atoms with E-state index >= 15 is 0 Å². The van der Waals surface area contributed by atoms with E-state index in [1.165, 1.54) is 0 Å². The summed E-state index contributed by atoms with van der Waals surface area (Å²) in [6, 6.07) is 20.0. The van der Waals surface area contributed by atoms with Crippen LogP contribution in [0.4, 0.5) is 10.6 Å². The minimum Gasteiger partial charge on any atom is -0.477 e. The van der Waals surface area contributed by atoms with Gasteiger partial charge in [0, 0.05) is 6.07 Å². The van der Waals surface area contributed by atoms with Crippen LogP contribution in [0.2, 0.25) is 0 Å². The molecule has 1 amide bonds. The van der Waals surface area contributed by atoms with Crippen molar-refractivity contribution in [2.75, 3.05) is 11.9 Å². The Kier molecular flexibility index (Phi) is 4.76. The van der Waals surface area contributed by atoms with Crippen LogP contribution < -0.4 is 14.8 Å². The van der Waals surface area contributed by atoms with Crippen LogP contribution in [0.5, 0.6) is 11.6 Å². The Labute approximate surface area is 139 Å². The van der Waals surface area contributed by atoms with Crippen LogP contribution in [-0.4, -0.2) is 22.5 Å². The number of aromatic nitrogens is 2. The van der Waals surface area contributed by atoms with E-state index < -0.39 is 6.09 Å². The van der Waals surface area contributed by atoms with Gasteiger partial charge in [-0.15, -0.1) is 5.10 Å². The zero-order valence-corrected chi connectivity index (χ0v) is 13.2. The smallest absolute Gasteiger partial charge is 0.418 e. The van der Waals surface area contributed by atoms with Crippen molar-refractivity contribution < 1.29 is 14.3 Å². The number of anilines is 1. The third-order valence-corrected chi connectivity index (χ3v) is 3.16. The lowest BCUT2D eigenvalue weighted by atomic mass is 10.3. The zero-order valence-electron chi connectivity index (χ0n) is 13.2. The first-order chi connectivity index (χ1) is 11.8. The predicted molar refractivity (Wildman–Crippen MR) is 90.8 cm³/mol. The first-order valence-electron chi connectivity index (χ1n) is 7.58. The van der Waals surface area contributed by atoms with Crippen LogP contribution in [0, 0.1) is 0 Å². The first kappa shape index (κ1) is 15.6. The van der Waals surface area contributed by atoms with Crippen LogP contribution in [0.15, 0.2) is 66.7 Å². The van der Waals surface area contributed by atoms with E-state index in [1.807, 2.05) is 43.3 Å². The molecule has 0 aliphatic heterocycles. The summed E-state index contributed by atoms with van der Waals surface area (Å²) in [5.41, 5.74) is 0.804. The summed E-state index contributed by atoms with van der Waals surface area (Å²) in [5, 5.41) is 7.05. The number of hydrogen-bond donors (Lipinski definition) is 1. The molecule has 0 saturated heterocycles. The lowest BCUT2D eigenvalue weighted by Gasteiger charge is -2.08. The van der Waals surface area contributed by atoms with Crippen molar-refractivity contribution >= 4 is 11.9 Å². The molecular formula is C18H17N3O3. The van der Waals surface area contributed by atoms with Gasteiger partial charge in [0.05, 0.1) is 12.3 Å². The molecule has 0 radical (unpaired) electrons. The number of para-hydroxylation sites is 2. The quantitative estimate of drug-likeness (QED) is 0.774. The average molecular weight is 323 g/mol. The van der Waals surface area contributed by atoms with E-state index in [0.717, 1.165) is 5.69 Å². The number of benzene rings is 2. The third kappa shape index (κ3) is 3.73. The van der Waals surface area contributed by atoms with E-state index in [9.17, 15) is 4.79 Å². The van der Waals surface area contributed by atoms with Crippen molar-refractivity contribution in [2.24, 2.45) is 0 Å². The molecule has 0 aliphatic carbocycles. The molecule has 3 aromatic rings. The fourth-order valence-electron chi connectivity index (χ4n) is 2.16. The summed E-state index contributed by atoms with van der Waals surface area (Å²) < 4.78 is 12.3. The van der Waals surface area contributed by atoms with Crippen LogP contribution in [-0.2, 0) is 0 Å². The highest BCUT2D eigenvalue weighted by Crippen LogP contribution is 2.22. The Morgan fingerprint density at radius 1 is 1.08 bits per heavy atom. The maximum atomic E-state index is 12.1. The van der Waals surface area contributed by atoms with Gasteiger partial charge in [-0.25, -0.2) is 9.48 Å². The number of rotatable bonds is 5. The monoisotopic (exact) mass is 323 g/mol. The zero-order chi connectivity index (χ0) is 16.8. The van der Waals surface area contributed by atoms with Gasteiger partial charge in [-0.2, -0.15) is 0 Å². The molecule has 0 spiro atoms. The number of ether oxygens (including phenoxy) is 2. The normalized spacial score (nSPS) is 10.2. The number of nitrogens with zero attached hydrogens (tertiary/aromatic N) is 2. The molecule has 1 N–H and O–H groups in total. The molecule has 0 unspecified atom stereocenters. The van der Waals surface area contributed by atoms with E-state index in [-0.39, 0.29) is 0 Å². The highest BCUT2D eigenvalue weighted by atomic mass is 16.6. The predicted octanol–water partition coefficient (Wildman–Crippen LogP) is 3.88. The van der Waals surface area contributed by atoms with Crippen LogP contribution in [0.25, 0.3) is 5.69 Å². The van der Waals surface area contributed by atoms with Crippen molar-refractivity contribution in [3.63, 3.8) is 0 Å². The van der Waals surface area contributed by atoms with Gasteiger partial charge in [-0.05, 0) is 31.2 Å². The first-order valence-corrected chi connectivity index (χ1v) is 7.58. The van der Waals surface area contributed by atoms with Crippen molar-refractivity contribution in [1.29, 1.82) is 0 Å². The molecule has 0 bridgehead atoms. The molecule has 0 fully saturated rings. The summed E-state index contributed by atoms with van der Waals surface area (Å²) in [6.45, 7) is 2.36. The molecular weight excluding hydrogens is 306 g/mol.